The fourth-order valence-corrected chi connectivity index (χ4v) is 6.46. The Kier molecular flexibility index (Phi) is 7.80. The topological polar surface area (TPSA) is 121 Å². The van der Waals surface area contributed by atoms with Gasteiger partial charge in [0, 0.05) is 24.1 Å². The van der Waals surface area contributed by atoms with Crippen LogP contribution in [0.3, 0.4) is 0 Å². The number of nitrogens with zero attached hydrogens (tertiary/aromatic N) is 3. The lowest BCUT2D eigenvalue weighted by Gasteiger charge is -2.33. The van der Waals surface area contributed by atoms with Crippen molar-refractivity contribution in [3.8, 4) is 11.5 Å². The summed E-state index contributed by atoms with van der Waals surface area (Å²) in [5.74, 6) is -0.242. The molecule has 4 N–H and O–H groups in total. The SMILES string of the molecule is C[C@]1(c2ccc(Cl)cc2F)Oc2cccc(C3CCN(Cc4nc5ccc(C(=O)O)cc5n4C[C@@H]4CCO4)CC3)c2O1.N. The molecule has 43 heavy (non-hydrogen) atoms. The number of ether oxygens (including phenoxy) is 3. The van der Waals surface area contributed by atoms with Crippen molar-refractivity contribution < 1.29 is 28.5 Å². The maximum Gasteiger partial charge on any atom is 0.335 e. The van der Waals surface area contributed by atoms with E-state index in [0.717, 1.165) is 61.4 Å². The first kappa shape index (κ1) is 29.4. The van der Waals surface area contributed by atoms with Crippen LogP contribution in [0.25, 0.3) is 11.0 Å². The molecule has 0 aliphatic carbocycles. The van der Waals surface area contributed by atoms with Gasteiger partial charge in [0.2, 0.25) is 0 Å². The van der Waals surface area contributed by atoms with E-state index in [1.54, 1.807) is 37.3 Å². The van der Waals surface area contributed by atoms with Gasteiger partial charge in [-0.3, -0.25) is 4.90 Å². The largest absolute Gasteiger partial charge is 0.478 e. The number of carboxylic acid groups (broad SMARTS) is 1. The summed E-state index contributed by atoms with van der Waals surface area (Å²) >= 11 is 5.97. The van der Waals surface area contributed by atoms with Gasteiger partial charge in [0.15, 0.2) is 11.5 Å². The predicted molar refractivity (Wildman–Crippen MR) is 160 cm³/mol. The molecule has 9 nitrogen and oxygen atoms in total. The van der Waals surface area contributed by atoms with Crippen LogP contribution < -0.4 is 15.6 Å². The van der Waals surface area contributed by atoms with Crippen molar-refractivity contribution >= 4 is 28.6 Å². The molecule has 2 saturated heterocycles. The molecule has 2 fully saturated rings. The number of benzene rings is 3. The lowest BCUT2D eigenvalue weighted by Crippen LogP contribution is -2.35. The van der Waals surface area contributed by atoms with Crippen molar-refractivity contribution in [3.63, 3.8) is 0 Å². The molecule has 2 atom stereocenters. The van der Waals surface area contributed by atoms with Crippen molar-refractivity contribution in [1.82, 2.24) is 20.6 Å². The number of carboxylic acids is 1. The third-order valence-electron chi connectivity index (χ3n) is 8.68. The lowest BCUT2D eigenvalue weighted by atomic mass is 9.88. The molecule has 3 aliphatic rings. The van der Waals surface area contributed by atoms with E-state index in [9.17, 15) is 14.3 Å². The minimum absolute atomic E-state index is 0. The average Bonchev–Trinajstić information content (AvgIpc) is 3.47. The Morgan fingerprint density at radius 3 is 2.60 bits per heavy atom. The van der Waals surface area contributed by atoms with Crippen LogP contribution in [-0.4, -0.2) is 51.3 Å². The van der Waals surface area contributed by atoms with Crippen LogP contribution in [-0.2, 0) is 23.6 Å². The number of halogens is 2. The molecule has 0 radical (unpaired) electrons. The number of fused-ring (bicyclic) bond motifs is 2. The number of para-hydroxylation sites is 1. The summed E-state index contributed by atoms with van der Waals surface area (Å²) in [6, 6.07) is 15.5. The van der Waals surface area contributed by atoms with Crippen LogP contribution in [0, 0.1) is 5.82 Å². The molecular weight excluding hydrogens is 575 g/mol. The van der Waals surface area contributed by atoms with Crippen LogP contribution in [0.1, 0.15) is 59.4 Å². The quantitative estimate of drug-likeness (QED) is 0.244. The lowest BCUT2D eigenvalue weighted by molar-refractivity contribution is -0.0712. The molecule has 3 aromatic carbocycles. The summed E-state index contributed by atoms with van der Waals surface area (Å²) in [5.41, 5.74) is 3.24. The maximum absolute atomic E-state index is 14.8. The molecule has 11 heteroatoms. The van der Waals surface area contributed by atoms with Gasteiger partial charge in [0.1, 0.15) is 11.6 Å². The van der Waals surface area contributed by atoms with Crippen LogP contribution >= 0.6 is 11.6 Å². The van der Waals surface area contributed by atoms with Gasteiger partial charge >= 0.3 is 5.97 Å². The van der Waals surface area contributed by atoms with Gasteiger partial charge in [0.05, 0.1) is 41.4 Å². The van der Waals surface area contributed by atoms with Gasteiger partial charge in [0.25, 0.3) is 5.79 Å². The average molecular weight is 609 g/mol. The van der Waals surface area contributed by atoms with E-state index >= 15 is 0 Å². The van der Waals surface area contributed by atoms with Crippen LogP contribution in [0.4, 0.5) is 4.39 Å². The molecule has 0 saturated carbocycles. The summed E-state index contributed by atoms with van der Waals surface area (Å²) in [7, 11) is 0. The number of hydrogen-bond donors (Lipinski definition) is 2. The summed E-state index contributed by atoms with van der Waals surface area (Å²) in [5, 5.41) is 9.85. The van der Waals surface area contributed by atoms with E-state index in [2.05, 4.69) is 15.5 Å². The number of imidazole rings is 1. The van der Waals surface area contributed by atoms with Crippen molar-refractivity contribution in [3.05, 3.63) is 88.0 Å². The number of piperidine rings is 1. The first-order valence-electron chi connectivity index (χ1n) is 14.3. The first-order valence-corrected chi connectivity index (χ1v) is 14.7. The number of rotatable bonds is 7. The maximum atomic E-state index is 14.8. The Hall–Kier alpha value is -3.70. The highest BCUT2D eigenvalue weighted by molar-refractivity contribution is 6.30. The van der Waals surface area contributed by atoms with Crippen LogP contribution in [0.5, 0.6) is 11.5 Å². The molecule has 7 rings (SSSR count). The highest BCUT2D eigenvalue weighted by atomic mass is 35.5. The molecule has 4 aromatic rings. The van der Waals surface area contributed by atoms with Crippen molar-refractivity contribution in [2.24, 2.45) is 0 Å². The smallest absolute Gasteiger partial charge is 0.335 e. The fraction of sp³-hybridized carbons (Fsp3) is 0.375. The Labute approximate surface area is 253 Å². The molecule has 3 aliphatic heterocycles. The van der Waals surface area contributed by atoms with E-state index in [1.165, 1.54) is 6.07 Å². The first-order chi connectivity index (χ1) is 20.3. The number of aromatic nitrogens is 2. The third-order valence-corrected chi connectivity index (χ3v) is 8.91. The van der Waals surface area contributed by atoms with Gasteiger partial charge in [-0.05, 0) is 80.7 Å². The zero-order valence-electron chi connectivity index (χ0n) is 23.9. The van der Waals surface area contributed by atoms with E-state index in [4.69, 9.17) is 30.8 Å². The standard InChI is InChI=1S/C32H31ClFN3O5.H3N/c1-32(24-7-6-21(33)16-25(24)34)41-28-4-2-3-23(30(28)42-32)19-9-12-36(13-10-19)18-29-35-26-8-5-20(31(38)39)15-27(26)37(29)17-22-11-14-40-22;/h2-8,15-16,19,22H,9-14,17-18H2,1H3,(H,38,39);1H3/t22-,32-;/m0./s1. The molecule has 0 spiro atoms. The second kappa shape index (κ2) is 11.4. The molecule has 4 heterocycles. The second-order valence-electron chi connectivity index (χ2n) is 11.4. The van der Waals surface area contributed by atoms with Crippen LogP contribution in [0.15, 0.2) is 54.6 Å². The zero-order valence-corrected chi connectivity index (χ0v) is 24.6. The van der Waals surface area contributed by atoms with E-state index in [-0.39, 0.29) is 23.7 Å². The van der Waals surface area contributed by atoms with Crippen molar-refractivity contribution in [1.29, 1.82) is 0 Å². The monoisotopic (exact) mass is 608 g/mol. The van der Waals surface area contributed by atoms with E-state index < -0.39 is 17.6 Å². The molecule has 0 bridgehead atoms. The number of likely N-dealkylation sites (tertiary alicyclic amines) is 1. The zero-order chi connectivity index (χ0) is 29.0. The number of hydrogen-bond acceptors (Lipinski definition) is 7. The van der Waals surface area contributed by atoms with Gasteiger partial charge in [-0.2, -0.15) is 0 Å². The van der Waals surface area contributed by atoms with E-state index in [1.807, 2.05) is 12.1 Å². The molecular formula is C32H34ClFN4O5. The Morgan fingerprint density at radius 1 is 1.12 bits per heavy atom. The van der Waals surface area contributed by atoms with Gasteiger partial charge < -0.3 is 30.0 Å². The molecule has 1 aromatic heterocycles. The summed E-state index contributed by atoms with van der Waals surface area (Å²) in [4.78, 5) is 18.9. The van der Waals surface area contributed by atoms with Crippen molar-refractivity contribution in [2.45, 2.75) is 57.1 Å². The highest BCUT2D eigenvalue weighted by Crippen LogP contribution is 2.49. The highest BCUT2D eigenvalue weighted by Gasteiger charge is 2.43. The van der Waals surface area contributed by atoms with Gasteiger partial charge in [-0.25, -0.2) is 14.2 Å². The van der Waals surface area contributed by atoms with Crippen LogP contribution in [0.2, 0.25) is 5.02 Å². The summed E-state index contributed by atoms with van der Waals surface area (Å²) in [6.07, 6.45) is 2.94. The Balaban J connectivity index is 0.00000329. The fourth-order valence-electron chi connectivity index (χ4n) is 6.30. The summed E-state index contributed by atoms with van der Waals surface area (Å²) < 4.78 is 35.2. The molecule has 0 amide bonds. The molecule has 226 valence electrons. The number of aromatic carboxylic acids is 1. The van der Waals surface area contributed by atoms with Gasteiger partial charge in [-0.15, -0.1) is 0 Å². The minimum Gasteiger partial charge on any atom is -0.478 e. The summed E-state index contributed by atoms with van der Waals surface area (Å²) in [6.45, 7) is 5.53. The Morgan fingerprint density at radius 2 is 1.91 bits per heavy atom. The number of carbonyl (C=O) groups is 1. The normalized spacial score (nSPS) is 21.9. The minimum atomic E-state index is -1.28. The third kappa shape index (κ3) is 5.44. The predicted octanol–water partition coefficient (Wildman–Crippen LogP) is 6.50. The Bertz CT molecular complexity index is 1680. The van der Waals surface area contributed by atoms with Gasteiger partial charge in [-0.1, -0.05) is 23.7 Å². The second-order valence-corrected chi connectivity index (χ2v) is 11.9. The van der Waals surface area contributed by atoms with Crippen molar-refractivity contribution in [2.75, 3.05) is 19.7 Å². The van der Waals surface area contributed by atoms with E-state index in [0.29, 0.717) is 35.2 Å². The molecule has 0 unspecified atom stereocenters.